The smallest absolute Gasteiger partial charge is 0.416 e. The summed E-state index contributed by atoms with van der Waals surface area (Å²) in [5.41, 5.74) is 0.711. The lowest BCUT2D eigenvalue weighted by Gasteiger charge is -2.46. The number of nitrogens with zero attached hydrogens (tertiary/aromatic N) is 4. The number of esters is 1. The second kappa shape index (κ2) is 15.0. The minimum absolute atomic E-state index is 0.00258. The summed E-state index contributed by atoms with van der Waals surface area (Å²) in [4.78, 5) is 29.1. The Kier molecular flexibility index (Phi) is 11.3. The number of halogens is 9. The van der Waals surface area contributed by atoms with Crippen LogP contribution in [0.1, 0.15) is 92.7 Å². The molecule has 0 radical (unpaired) electrons. The van der Waals surface area contributed by atoms with Gasteiger partial charge in [-0.2, -0.15) is 39.5 Å². The molecule has 2 N–H and O–H groups in total. The Labute approximate surface area is 294 Å². The third-order valence-corrected chi connectivity index (χ3v) is 9.81. The van der Waals surface area contributed by atoms with E-state index in [1.54, 1.807) is 13.8 Å². The standard InChI is InChI=1S/C34H39F9N6O3/c1-4-25-17-28(48(31-44-45-46-47(31)3)18-20-12-23(33(38,39)40)15-24(13-20)34(41,42)43)26-16-22(32(35,36)37)10-11-27(26)49(25)30(51)21-8-6-19(7-9-21)14-29(50)52-5-2/h10-13,15-16,19,21,25,28,45-46H,4-9,14,17-18H2,1-3H3/t19?,21?,25-,28+/m1/s1. The minimum atomic E-state index is -5.13. The van der Waals surface area contributed by atoms with Crippen LogP contribution in [-0.2, 0) is 39.4 Å². The Balaban J connectivity index is 1.57. The molecule has 1 fully saturated rings. The lowest BCUT2D eigenvalue weighted by Crippen LogP contribution is -2.52. The van der Waals surface area contributed by atoms with E-state index in [2.05, 4.69) is 16.2 Å². The number of fused-ring (bicyclic) bond motifs is 1. The Bertz CT molecular complexity index is 1620. The molecule has 3 aliphatic rings. The minimum Gasteiger partial charge on any atom is -0.466 e. The van der Waals surface area contributed by atoms with Crippen molar-refractivity contribution in [2.24, 2.45) is 16.9 Å². The molecule has 2 heterocycles. The summed E-state index contributed by atoms with van der Waals surface area (Å²) in [6, 6.07) is 2.36. The van der Waals surface area contributed by atoms with Crippen molar-refractivity contribution in [1.29, 1.82) is 0 Å². The number of carbonyl (C=O) groups is 2. The van der Waals surface area contributed by atoms with E-state index in [4.69, 9.17) is 4.74 Å². The van der Waals surface area contributed by atoms with Gasteiger partial charge in [-0.15, -0.1) is 10.6 Å². The number of alkyl halides is 9. The van der Waals surface area contributed by atoms with E-state index in [-0.39, 0.29) is 60.5 Å². The van der Waals surface area contributed by atoms with Crippen LogP contribution < -0.4 is 16.0 Å². The van der Waals surface area contributed by atoms with Crippen LogP contribution in [0.2, 0.25) is 0 Å². The Morgan fingerprint density at radius 2 is 1.50 bits per heavy atom. The monoisotopic (exact) mass is 750 g/mol. The summed E-state index contributed by atoms with van der Waals surface area (Å²) in [5, 5.41) is 5.41. The number of rotatable bonds is 8. The number of carbonyl (C=O) groups excluding carboxylic acids is 2. The van der Waals surface area contributed by atoms with Gasteiger partial charge >= 0.3 is 24.5 Å². The highest BCUT2D eigenvalue weighted by Gasteiger charge is 2.44. The Morgan fingerprint density at radius 3 is 2.02 bits per heavy atom. The van der Waals surface area contributed by atoms with Crippen molar-refractivity contribution in [2.45, 2.75) is 96.0 Å². The molecule has 2 aromatic rings. The maximum Gasteiger partial charge on any atom is 0.416 e. The number of hydrazone groups is 1. The van der Waals surface area contributed by atoms with Gasteiger partial charge in [0.15, 0.2) is 0 Å². The van der Waals surface area contributed by atoms with Crippen LogP contribution in [0.25, 0.3) is 0 Å². The molecule has 0 aromatic heterocycles. The Hall–Kier alpha value is -4.22. The van der Waals surface area contributed by atoms with Gasteiger partial charge in [-0.1, -0.05) is 6.92 Å². The van der Waals surface area contributed by atoms with E-state index in [0.29, 0.717) is 44.2 Å². The first-order chi connectivity index (χ1) is 24.3. The molecule has 0 unspecified atom stereocenters. The highest BCUT2D eigenvalue weighted by atomic mass is 19.4. The van der Waals surface area contributed by atoms with Crippen molar-refractivity contribution < 1.29 is 53.8 Å². The zero-order valence-electron chi connectivity index (χ0n) is 28.6. The molecular formula is C34H39F9N6O3. The van der Waals surface area contributed by atoms with Crippen molar-refractivity contribution >= 4 is 23.5 Å². The van der Waals surface area contributed by atoms with Gasteiger partial charge in [0.2, 0.25) is 11.9 Å². The quantitative estimate of drug-likeness (QED) is 0.211. The van der Waals surface area contributed by atoms with E-state index in [1.165, 1.54) is 27.9 Å². The molecule has 1 amide bonds. The normalized spacial score (nSPS) is 22.4. The third-order valence-electron chi connectivity index (χ3n) is 9.81. The molecule has 0 saturated heterocycles. The van der Waals surface area contributed by atoms with E-state index >= 15 is 0 Å². The number of guanidine groups is 1. The molecule has 0 bridgehead atoms. The third kappa shape index (κ3) is 8.52. The van der Waals surface area contributed by atoms with Crippen molar-refractivity contribution in [3.63, 3.8) is 0 Å². The SMILES string of the molecule is CCOC(=O)CC1CCC(C(=O)N2c3ccc(C(F)(F)F)cc3[C@@H](N(Cc3cc(C(F)(F)F)cc(C(F)(F)F)c3)C3=NNNN3C)C[C@H]2CC)CC1. The molecule has 2 atom stereocenters. The van der Waals surface area contributed by atoms with Crippen LogP contribution in [0.3, 0.4) is 0 Å². The van der Waals surface area contributed by atoms with Gasteiger partial charge in [-0.25, -0.2) is 5.53 Å². The Morgan fingerprint density at radius 1 is 0.885 bits per heavy atom. The fourth-order valence-electron chi connectivity index (χ4n) is 7.27. The largest absolute Gasteiger partial charge is 0.466 e. The average Bonchev–Trinajstić information content (AvgIpc) is 3.50. The number of benzene rings is 2. The molecule has 1 saturated carbocycles. The highest BCUT2D eigenvalue weighted by molar-refractivity contribution is 5.97. The molecule has 9 nitrogen and oxygen atoms in total. The number of nitrogens with one attached hydrogen (secondary N) is 2. The van der Waals surface area contributed by atoms with E-state index in [9.17, 15) is 49.1 Å². The topological polar surface area (TPSA) is 89.5 Å². The highest BCUT2D eigenvalue weighted by Crippen LogP contribution is 2.47. The van der Waals surface area contributed by atoms with Crippen LogP contribution in [0, 0.1) is 11.8 Å². The molecular weight excluding hydrogens is 711 g/mol. The van der Waals surface area contributed by atoms with Gasteiger partial charge in [0.1, 0.15) is 0 Å². The first-order valence-corrected chi connectivity index (χ1v) is 16.9. The number of anilines is 1. The summed E-state index contributed by atoms with van der Waals surface area (Å²) in [6.45, 7) is 3.12. The van der Waals surface area contributed by atoms with Gasteiger partial charge < -0.3 is 14.5 Å². The van der Waals surface area contributed by atoms with Crippen molar-refractivity contribution in [3.05, 3.63) is 64.2 Å². The van der Waals surface area contributed by atoms with Crippen molar-refractivity contribution in [3.8, 4) is 0 Å². The second-order valence-electron chi connectivity index (χ2n) is 13.3. The van der Waals surface area contributed by atoms with E-state index in [0.717, 1.165) is 12.1 Å². The molecule has 52 heavy (non-hydrogen) atoms. The van der Waals surface area contributed by atoms with Crippen LogP contribution in [0.4, 0.5) is 45.2 Å². The summed E-state index contributed by atoms with van der Waals surface area (Å²) in [5.74, 6) is -1.12. The maximum atomic E-state index is 14.3. The van der Waals surface area contributed by atoms with Crippen LogP contribution in [0.15, 0.2) is 41.5 Å². The van der Waals surface area contributed by atoms with Gasteiger partial charge in [0.25, 0.3) is 0 Å². The summed E-state index contributed by atoms with van der Waals surface area (Å²) >= 11 is 0. The maximum absolute atomic E-state index is 14.3. The first-order valence-electron chi connectivity index (χ1n) is 16.9. The zero-order valence-corrected chi connectivity index (χ0v) is 28.6. The van der Waals surface area contributed by atoms with Crippen LogP contribution in [0.5, 0.6) is 0 Å². The predicted molar refractivity (Wildman–Crippen MR) is 171 cm³/mol. The molecule has 2 aromatic carbocycles. The van der Waals surface area contributed by atoms with Crippen molar-refractivity contribution in [2.75, 3.05) is 18.6 Å². The molecule has 5 rings (SSSR count). The molecule has 0 spiro atoms. The lowest BCUT2D eigenvalue weighted by molar-refractivity contribution is -0.145. The van der Waals surface area contributed by atoms with E-state index in [1.807, 2.05) is 0 Å². The molecule has 2 aliphatic heterocycles. The molecule has 1 aliphatic carbocycles. The summed E-state index contributed by atoms with van der Waals surface area (Å²) < 4.78 is 131. The number of hydrazine groups is 2. The van der Waals surface area contributed by atoms with Crippen LogP contribution >= 0.6 is 0 Å². The number of ether oxygens (including phenoxy) is 1. The average molecular weight is 751 g/mol. The number of amides is 1. The molecule has 18 heteroatoms. The zero-order chi connectivity index (χ0) is 38.2. The fraction of sp³-hybridized carbons (Fsp3) is 0.559. The van der Waals surface area contributed by atoms with Crippen molar-refractivity contribution in [1.82, 2.24) is 21.0 Å². The number of hydrogen-bond acceptors (Lipinski definition) is 8. The van der Waals surface area contributed by atoms with Gasteiger partial charge in [0, 0.05) is 37.7 Å². The summed E-state index contributed by atoms with van der Waals surface area (Å²) in [7, 11) is 1.46. The molecule has 286 valence electrons. The van der Waals surface area contributed by atoms with Gasteiger partial charge in [0.05, 0.1) is 29.3 Å². The van der Waals surface area contributed by atoms with E-state index < -0.39 is 65.3 Å². The van der Waals surface area contributed by atoms with Gasteiger partial charge in [-0.05, 0) is 98.9 Å². The summed E-state index contributed by atoms with van der Waals surface area (Å²) in [6.07, 6.45) is -12.5. The second-order valence-corrected chi connectivity index (χ2v) is 13.3. The predicted octanol–water partition coefficient (Wildman–Crippen LogP) is 7.79. The van der Waals surface area contributed by atoms with Crippen LogP contribution in [-0.4, -0.2) is 47.4 Å². The fourth-order valence-corrected chi connectivity index (χ4v) is 7.27. The number of hydrogen-bond donors (Lipinski definition) is 2. The van der Waals surface area contributed by atoms with Gasteiger partial charge in [-0.3, -0.25) is 14.6 Å². The lowest BCUT2D eigenvalue weighted by atomic mass is 9.78. The first kappa shape index (κ1) is 39.0.